The number of amides is 1. The van der Waals surface area contributed by atoms with Gasteiger partial charge >= 0.3 is 0 Å². The Bertz CT molecular complexity index is 1400. The van der Waals surface area contributed by atoms with Gasteiger partial charge in [0.2, 0.25) is 10.0 Å². The van der Waals surface area contributed by atoms with Gasteiger partial charge in [-0.05, 0) is 59.2 Å². The number of carbonyl (C=O) groups is 1. The number of nitrogens with two attached hydrogens (primary N) is 1. The van der Waals surface area contributed by atoms with E-state index in [9.17, 15) is 13.2 Å². The van der Waals surface area contributed by atoms with Crippen LogP contribution in [0.2, 0.25) is 5.02 Å². The molecule has 1 unspecified atom stereocenters. The number of nitrogens with one attached hydrogen (secondary N) is 1. The third kappa shape index (κ3) is 4.84. The van der Waals surface area contributed by atoms with Gasteiger partial charge in [-0.1, -0.05) is 35.9 Å². The summed E-state index contributed by atoms with van der Waals surface area (Å²) in [5.41, 5.74) is 7.40. The molecule has 10 heteroatoms. The lowest BCUT2D eigenvalue weighted by atomic mass is 10.0. The lowest BCUT2D eigenvalue weighted by Crippen LogP contribution is -2.50. The van der Waals surface area contributed by atoms with E-state index in [0.717, 1.165) is 22.8 Å². The zero-order valence-electron chi connectivity index (χ0n) is 19.0. The van der Waals surface area contributed by atoms with Crippen LogP contribution >= 0.6 is 11.6 Å². The van der Waals surface area contributed by atoms with Crippen molar-refractivity contribution in [1.29, 1.82) is 0 Å². The van der Waals surface area contributed by atoms with Gasteiger partial charge in [0.15, 0.2) is 5.96 Å². The molecule has 35 heavy (non-hydrogen) atoms. The highest BCUT2D eigenvalue weighted by atomic mass is 35.5. The van der Waals surface area contributed by atoms with Crippen molar-refractivity contribution in [2.24, 2.45) is 10.7 Å². The molecule has 1 amide bonds. The Labute approximate surface area is 209 Å². The maximum absolute atomic E-state index is 13.2. The van der Waals surface area contributed by atoms with Gasteiger partial charge in [0.05, 0.1) is 10.9 Å². The van der Waals surface area contributed by atoms with Crippen molar-refractivity contribution in [3.8, 4) is 0 Å². The molecule has 0 bridgehead atoms. The van der Waals surface area contributed by atoms with E-state index < -0.39 is 10.0 Å². The van der Waals surface area contributed by atoms with E-state index in [1.54, 1.807) is 35.2 Å². The lowest BCUT2D eigenvalue weighted by Gasteiger charge is -2.34. The van der Waals surface area contributed by atoms with Crippen LogP contribution in [0.4, 0.5) is 0 Å². The number of nitrogens with zero attached hydrogens (tertiary/aromatic N) is 3. The second kappa shape index (κ2) is 9.49. The summed E-state index contributed by atoms with van der Waals surface area (Å²) < 4.78 is 27.9. The van der Waals surface area contributed by atoms with E-state index in [1.165, 1.54) is 4.31 Å². The third-order valence-electron chi connectivity index (χ3n) is 6.52. The average molecular weight is 512 g/mol. The number of guanidine groups is 1. The number of hydrogen-bond acceptors (Lipinski definition) is 6. The van der Waals surface area contributed by atoms with Gasteiger partial charge in [-0.2, -0.15) is 4.31 Å². The summed E-state index contributed by atoms with van der Waals surface area (Å²) in [5, 5.41) is 5.45. The molecule has 1 saturated heterocycles. The van der Waals surface area contributed by atoms with E-state index in [2.05, 4.69) is 10.3 Å². The highest BCUT2D eigenvalue weighted by Crippen LogP contribution is 2.26. The number of halogens is 1. The minimum absolute atomic E-state index is 0.0810. The number of hydrogen-bond donors (Lipinski definition) is 2. The second-order valence-electron chi connectivity index (χ2n) is 8.72. The number of carbonyl (C=O) groups excluding carboxylic acids is 1. The Morgan fingerprint density at radius 3 is 2.37 bits per heavy atom. The summed E-state index contributed by atoms with van der Waals surface area (Å²) in [4.78, 5) is 19.1. The molecule has 1 atom stereocenters. The minimum Gasteiger partial charge on any atom is -0.370 e. The smallest absolute Gasteiger partial charge is 0.253 e. The first-order chi connectivity index (χ1) is 16.8. The Kier molecular flexibility index (Phi) is 6.39. The lowest BCUT2D eigenvalue weighted by molar-refractivity contribution is 0.0698. The van der Waals surface area contributed by atoms with Crippen LogP contribution in [-0.2, 0) is 10.0 Å². The quantitative estimate of drug-likeness (QED) is 0.560. The van der Waals surface area contributed by atoms with Gasteiger partial charge < -0.3 is 16.0 Å². The molecule has 0 aliphatic carbocycles. The molecular formula is C25H26ClN5O3S. The van der Waals surface area contributed by atoms with Crippen molar-refractivity contribution in [1.82, 2.24) is 14.5 Å². The van der Waals surface area contributed by atoms with Crippen molar-refractivity contribution >= 4 is 44.3 Å². The van der Waals surface area contributed by atoms with Crippen LogP contribution in [0.5, 0.6) is 0 Å². The molecule has 1 fully saturated rings. The van der Waals surface area contributed by atoms with E-state index in [4.69, 9.17) is 17.3 Å². The van der Waals surface area contributed by atoms with Crippen LogP contribution in [0.25, 0.3) is 10.8 Å². The Balaban J connectivity index is 1.24. The van der Waals surface area contributed by atoms with Gasteiger partial charge in [-0.3, -0.25) is 9.79 Å². The molecule has 0 saturated carbocycles. The SMILES string of the molecule is NC1=NCCC(c2ccc(C(=O)N3CCN(S(=O)(=O)c4ccc5cc(Cl)ccc5c4)CC3)cc2)N1. The minimum atomic E-state index is -3.66. The Morgan fingerprint density at radius 2 is 1.66 bits per heavy atom. The summed E-state index contributed by atoms with van der Waals surface area (Å²) in [5.74, 6) is 0.330. The molecule has 3 aromatic rings. The monoisotopic (exact) mass is 511 g/mol. The Hall–Kier alpha value is -3.14. The summed E-state index contributed by atoms with van der Waals surface area (Å²) in [6.45, 7) is 1.83. The topological polar surface area (TPSA) is 108 Å². The molecule has 0 radical (unpaired) electrons. The summed E-state index contributed by atoms with van der Waals surface area (Å²) >= 11 is 6.03. The molecule has 8 nitrogen and oxygen atoms in total. The molecule has 2 aliphatic heterocycles. The van der Waals surface area contributed by atoms with Crippen LogP contribution in [0.1, 0.15) is 28.4 Å². The highest BCUT2D eigenvalue weighted by Gasteiger charge is 2.30. The summed E-state index contributed by atoms with van der Waals surface area (Å²) in [6.07, 6.45) is 0.843. The number of rotatable bonds is 4. The van der Waals surface area contributed by atoms with Gasteiger partial charge in [-0.25, -0.2) is 8.42 Å². The van der Waals surface area contributed by atoms with Crippen LogP contribution in [-0.4, -0.2) is 62.2 Å². The van der Waals surface area contributed by atoms with Crippen molar-refractivity contribution in [3.05, 3.63) is 76.8 Å². The predicted octanol–water partition coefficient (Wildman–Crippen LogP) is 2.99. The standard InChI is InChI=1S/C25H26ClN5O3S/c26-21-7-5-20-16-22(8-6-19(20)15-21)35(33,34)31-13-11-30(12-14-31)24(32)18-3-1-17(2-4-18)23-9-10-28-25(27)29-23/h1-8,15-16,23H,9-14H2,(H3,27,28,29). The average Bonchev–Trinajstić information content (AvgIpc) is 2.88. The van der Waals surface area contributed by atoms with E-state index in [-0.39, 0.29) is 29.9 Å². The number of sulfonamides is 1. The van der Waals surface area contributed by atoms with Crippen LogP contribution < -0.4 is 11.1 Å². The molecule has 0 spiro atoms. The Morgan fingerprint density at radius 1 is 0.971 bits per heavy atom. The van der Waals surface area contributed by atoms with Crippen molar-refractivity contribution < 1.29 is 13.2 Å². The van der Waals surface area contributed by atoms with E-state index >= 15 is 0 Å². The molecule has 3 aromatic carbocycles. The van der Waals surface area contributed by atoms with Crippen LogP contribution in [0, 0.1) is 0 Å². The molecule has 5 rings (SSSR count). The molecular weight excluding hydrogens is 486 g/mol. The van der Waals surface area contributed by atoms with E-state index in [1.807, 2.05) is 30.3 Å². The van der Waals surface area contributed by atoms with Crippen molar-refractivity contribution in [2.75, 3.05) is 32.7 Å². The van der Waals surface area contributed by atoms with Gasteiger partial charge in [0, 0.05) is 43.3 Å². The largest absolute Gasteiger partial charge is 0.370 e. The maximum Gasteiger partial charge on any atom is 0.253 e. The highest BCUT2D eigenvalue weighted by molar-refractivity contribution is 7.89. The normalized spacial score (nSPS) is 19.3. The van der Waals surface area contributed by atoms with Gasteiger partial charge in [0.25, 0.3) is 5.91 Å². The van der Waals surface area contributed by atoms with Crippen LogP contribution in [0.3, 0.4) is 0 Å². The zero-order chi connectivity index (χ0) is 24.6. The fourth-order valence-electron chi connectivity index (χ4n) is 4.54. The second-order valence-corrected chi connectivity index (χ2v) is 11.1. The third-order valence-corrected chi connectivity index (χ3v) is 8.65. The summed E-state index contributed by atoms with van der Waals surface area (Å²) in [7, 11) is -3.66. The predicted molar refractivity (Wildman–Crippen MR) is 137 cm³/mol. The molecule has 182 valence electrons. The van der Waals surface area contributed by atoms with Crippen molar-refractivity contribution in [3.63, 3.8) is 0 Å². The van der Waals surface area contributed by atoms with Crippen molar-refractivity contribution in [2.45, 2.75) is 17.4 Å². The maximum atomic E-state index is 13.2. The van der Waals surface area contributed by atoms with E-state index in [0.29, 0.717) is 36.2 Å². The fourth-order valence-corrected chi connectivity index (χ4v) is 6.18. The molecule has 3 N–H and O–H groups in total. The number of aliphatic imine (C=N–C) groups is 1. The first-order valence-corrected chi connectivity index (χ1v) is 13.3. The first-order valence-electron chi connectivity index (χ1n) is 11.5. The fraction of sp³-hybridized carbons (Fsp3) is 0.280. The molecule has 2 heterocycles. The molecule has 2 aliphatic rings. The molecule has 0 aromatic heterocycles. The number of piperazine rings is 1. The number of fused-ring (bicyclic) bond motifs is 1. The zero-order valence-corrected chi connectivity index (χ0v) is 20.6. The first kappa shape index (κ1) is 23.6. The summed E-state index contributed by atoms with van der Waals surface area (Å²) in [6, 6.07) is 18.0. The van der Waals surface area contributed by atoms with Gasteiger partial charge in [-0.15, -0.1) is 0 Å². The number of benzene rings is 3. The van der Waals surface area contributed by atoms with Gasteiger partial charge in [0.1, 0.15) is 0 Å². The van der Waals surface area contributed by atoms with Crippen LogP contribution in [0.15, 0.2) is 70.6 Å².